The first-order valence-corrected chi connectivity index (χ1v) is 5.14. The van der Waals surface area contributed by atoms with Crippen LogP contribution in [-0.4, -0.2) is 5.78 Å². The van der Waals surface area contributed by atoms with Crippen LogP contribution in [0, 0.1) is 6.92 Å². The smallest absolute Gasteiger partial charge is 0.192 e. The van der Waals surface area contributed by atoms with Crippen LogP contribution in [0.2, 0.25) is 0 Å². The molecule has 82 valence electrons. The van der Waals surface area contributed by atoms with Crippen LogP contribution < -0.4 is 0 Å². The third kappa shape index (κ3) is 3.35. The van der Waals surface area contributed by atoms with E-state index in [1.165, 1.54) is 0 Å². The minimum absolute atomic E-state index is 0.0440. The zero-order chi connectivity index (χ0) is 12.1. The molecule has 16 heavy (non-hydrogen) atoms. The molecule has 1 aromatic carbocycles. The maximum Gasteiger partial charge on any atom is 0.192 e. The topological polar surface area (TPSA) is 17.1 Å². The molecule has 0 amide bonds. The minimum atomic E-state index is -0.0440. The van der Waals surface area contributed by atoms with Crippen LogP contribution in [-0.2, 0) is 0 Å². The van der Waals surface area contributed by atoms with E-state index in [-0.39, 0.29) is 5.78 Å². The van der Waals surface area contributed by atoms with Gasteiger partial charge in [0.05, 0.1) is 0 Å². The third-order valence-electron chi connectivity index (χ3n) is 2.17. The zero-order valence-corrected chi connectivity index (χ0v) is 9.79. The van der Waals surface area contributed by atoms with Crippen LogP contribution in [0.15, 0.2) is 60.7 Å². The maximum absolute atomic E-state index is 11.9. The van der Waals surface area contributed by atoms with Crippen LogP contribution in [0.1, 0.15) is 22.8 Å². The Morgan fingerprint density at radius 2 is 1.69 bits per heavy atom. The lowest BCUT2D eigenvalue weighted by atomic mass is 10.0. The highest BCUT2D eigenvalue weighted by molar-refractivity contribution is 6.10. The molecule has 0 radical (unpaired) electrons. The zero-order valence-electron chi connectivity index (χ0n) is 9.79. The van der Waals surface area contributed by atoms with Gasteiger partial charge in [0, 0.05) is 11.1 Å². The van der Waals surface area contributed by atoms with Crippen LogP contribution >= 0.6 is 0 Å². The molecule has 0 saturated heterocycles. The van der Waals surface area contributed by atoms with Gasteiger partial charge in [-0.15, -0.1) is 0 Å². The number of rotatable bonds is 4. The largest absolute Gasteiger partial charge is 0.289 e. The number of Topliss-reactive ketones (excluding diaryl/α,β-unsaturated/α-hetero) is 1. The summed E-state index contributed by atoms with van der Waals surface area (Å²) in [6.07, 6.45) is 3.49. The molecule has 1 nitrogen and oxygen atoms in total. The maximum atomic E-state index is 11.9. The minimum Gasteiger partial charge on any atom is -0.289 e. The number of allylic oxidation sites excluding steroid dienone is 4. The van der Waals surface area contributed by atoms with E-state index in [4.69, 9.17) is 0 Å². The summed E-state index contributed by atoms with van der Waals surface area (Å²) in [4.78, 5) is 11.9. The number of carbonyl (C=O) groups is 1. The Morgan fingerprint density at radius 1 is 1.12 bits per heavy atom. The first-order chi connectivity index (χ1) is 7.50. The Bertz CT molecular complexity index is 447. The number of carbonyl (C=O) groups excluding carboxylic acids is 1. The van der Waals surface area contributed by atoms with Crippen LogP contribution in [0.4, 0.5) is 0 Å². The second kappa shape index (κ2) is 5.26. The standard InChI is InChI=1S/C15H16O/c1-11(2)5-8-13(4)15(16)14-9-6-12(3)7-10-14/h5-10H,1,4H2,2-3H3/b8-5-. The molecule has 0 aliphatic carbocycles. The molecule has 0 heterocycles. The van der Waals surface area contributed by atoms with Crippen LogP contribution in [0.3, 0.4) is 0 Å². The summed E-state index contributed by atoms with van der Waals surface area (Å²) in [6, 6.07) is 7.47. The number of aryl methyl sites for hydroxylation is 1. The van der Waals surface area contributed by atoms with Crippen molar-refractivity contribution < 1.29 is 4.79 Å². The van der Waals surface area contributed by atoms with Gasteiger partial charge in [0.1, 0.15) is 0 Å². The lowest BCUT2D eigenvalue weighted by Gasteiger charge is -2.00. The Morgan fingerprint density at radius 3 is 2.19 bits per heavy atom. The predicted molar refractivity (Wildman–Crippen MR) is 68.6 cm³/mol. The van der Waals surface area contributed by atoms with Crippen molar-refractivity contribution in [1.29, 1.82) is 0 Å². The number of hydrogen-bond acceptors (Lipinski definition) is 1. The molecule has 0 aliphatic heterocycles. The number of ketones is 1. The summed E-state index contributed by atoms with van der Waals surface area (Å²) in [5, 5.41) is 0. The Labute approximate surface area is 96.8 Å². The summed E-state index contributed by atoms with van der Waals surface area (Å²) in [7, 11) is 0. The average Bonchev–Trinajstić information content (AvgIpc) is 2.26. The molecule has 0 unspecified atom stereocenters. The molecule has 0 spiro atoms. The fourth-order valence-electron chi connectivity index (χ4n) is 1.21. The molecule has 0 bridgehead atoms. The SMILES string of the molecule is C=C(C)/C=C\C(=C)C(=O)c1ccc(C)cc1. The van der Waals surface area contributed by atoms with E-state index < -0.39 is 0 Å². The summed E-state index contributed by atoms with van der Waals surface area (Å²) < 4.78 is 0. The number of benzene rings is 1. The Balaban J connectivity index is 2.82. The molecule has 0 atom stereocenters. The fraction of sp³-hybridized carbons (Fsp3) is 0.133. The van der Waals surface area contributed by atoms with E-state index in [9.17, 15) is 4.79 Å². The van der Waals surface area contributed by atoms with Crippen molar-refractivity contribution in [2.75, 3.05) is 0 Å². The van der Waals surface area contributed by atoms with Crippen molar-refractivity contribution in [3.8, 4) is 0 Å². The van der Waals surface area contributed by atoms with Gasteiger partial charge in [-0.05, 0) is 13.8 Å². The van der Waals surface area contributed by atoms with E-state index >= 15 is 0 Å². The number of hydrogen-bond donors (Lipinski definition) is 0. The van der Waals surface area contributed by atoms with Crippen LogP contribution in [0.25, 0.3) is 0 Å². The van der Waals surface area contributed by atoms with E-state index in [0.717, 1.165) is 11.1 Å². The molecule has 1 heteroatoms. The normalized spacial score (nSPS) is 10.4. The van der Waals surface area contributed by atoms with Gasteiger partial charge in [-0.25, -0.2) is 0 Å². The second-order valence-corrected chi connectivity index (χ2v) is 3.90. The summed E-state index contributed by atoms with van der Waals surface area (Å²) in [6.45, 7) is 11.3. The van der Waals surface area contributed by atoms with Gasteiger partial charge in [0.15, 0.2) is 5.78 Å². The summed E-state index contributed by atoms with van der Waals surface area (Å²) >= 11 is 0. The highest BCUT2D eigenvalue weighted by Crippen LogP contribution is 2.10. The molecule has 0 fully saturated rings. The quantitative estimate of drug-likeness (QED) is 0.420. The highest BCUT2D eigenvalue weighted by Gasteiger charge is 2.06. The Hall–Kier alpha value is -1.89. The molecule has 0 aliphatic rings. The predicted octanol–water partition coefficient (Wildman–Crippen LogP) is 3.87. The van der Waals surface area contributed by atoms with Gasteiger partial charge in [0.2, 0.25) is 0 Å². The van der Waals surface area contributed by atoms with Crippen molar-refractivity contribution in [2.24, 2.45) is 0 Å². The molecule has 0 saturated carbocycles. The van der Waals surface area contributed by atoms with Gasteiger partial charge in [-0.1, -0.05) is 60.7 Å². The van der Waals surface area contributed by atoms with Gasteiger partial charge >= 0.3 is 0 Å². The summed E-state index contributed by atoms with van der Waals surface area (Å²) in [5.74, 6) is -0.0440. The lowest BCUT2D eigenvalue weighted by molar-refractivity contribution is 0.103. The summed E-state index contributed by atoms with van der Waals surface area (Å²) in [5.41, 5.74) is 3.19. The molecule has 0 aromatic heterocycles. The van der Waals surface area contributed by atoms with E-state index in [1.54, 1.807) is 12.2 Å². The van der Waals surface area contributed by atoms with Crippen LogP contribution in [0.5, 0.6) is 0 Å². The Kier molecular flexibility index (Phi) is 4.01. The first-order valence-electron chi connectivity index (χ1n) is 5.14. The van der Waals surface area contributed by atoms with Crippen molar-refractivity contribution in [2.45, 2.75) is 13.8 Å². The molecule has 1 aromatic rings. The van der Waals surface area contributed by atoms with E-state index in [2.05, 4.69) is 13.2 Å². The van der Waals surface area contributed by atoms with Crippen molar-refractivity contribution in [3.05, 3.63) is 71.8 Å². The average molecular weight is 212 g/mol. The van der Waals surface area contributed by atoms with Gasteiger partial charge in [-0.2, -0.15) is 0 Å². The van der Waals surface area contributed by atoms with Gasteiger partial charge in [-0.3, -0.25) is 4.79 Å². The molecule has 1 rings (SSSR count). The lowest BCUT2D eigenvalue weighted by Crippen LogP contribution is -2.00. The molecular formula is C15H16O. The van der Waals surface area contributed by atoms with Crippen molar-refractivity contribution in [1.82, 2.24) is 0 Å². The molecular weight excluding hydrogens is 196 g/mol. The second-order valence-electron chi connectivity index (χ2n) is 3.90. The highest BCUT2D eigenvalue weighted by atomic mass is 16.1. The van der Waals surface area contributed by atoms with Gasteiger partial charge in [0.25, 0.3) is 0 Å². The van der Waals surface area contributed by atoms with Crippen molar-refractivity contribution in [3.63, 3.8) is 0 Å². The van der Waals surface area contributed by atoms with E-state index in [0.29, 0.717) is 11.1 Å². The van der Waals surface area contributed by atoms with E-state index in [1.807, 2.05) is 38.1 Å². The van der Waals surface area contributed by atoms with Crippen molar-refractivity contribution >= 4 is 5.78 Å². The molecule has 0 N–H and O–H groups in total. The fourth-order valence-corrected chi connectivity index (χ4v) is 1.21. The monoisotopic (exact) mass is 212 g/mol. The first kappa shape index (κ1) is 12.2. The third-order valence-corrected chi connectivity index (χ3v) is 2.17. The van der Waals surface area contributed by atoms with Gasteiger partial charge < -0.3 is 0 Å².